The highest BCUT2D eigenvalue weighted by atomic mass is 16.1. The summed E-state index contributed by atoms with van der Waals surface area (Å²) in [5.74, 6) is -0.0131. The van der Waals surface area contributed by atoms with Crippen molar-refractivity contribution in [2.45, 2.75) is 39.2 Å². The average molecular weight is 256 g/mol. The van der Waals surface area contributed by atoms with Gasteiger partial charge in [-0.2, -0.15) is 0 Å². The Balaban J connectivity index is 4.44. The van der Waals surface area contributed by atoms with E-state index in [-0.39, 0.29) is 30.7 Å². The van der Waals surface area contributed by atoms with Gasteiger partial charge in [0.05, 0.1) is 19.1 Å². The third kappa shape index (κ3) is 7.29. The molecule has 5 nitrogen and oxygen atoms in total. The minimum absolute atomic E-state index is 0.0163. The van der Waals surface area contributed by atoms with Crippen LogP contribution in [0.5, 0.6) is 0 Å². The predicted octanol–water partition coefficient (Wildman–Crippen LogP) is 0.424. The largest absolute Gasteiger partial charge is 0.320 e. The van der Waals surface area contributed by atoms with Gasteiger partial charge in [0.25, 0.3) is 0 Å². The van der Waals surface area contributed by atoms with E-state index in [1.165, 1.54) is 13.8 Å². The Morgan fingerprint density at radius 3 is 2.39 bits per heavy atom. The van der Waals surface area contributed by atoms with Gasteiger partial charge in [0.15, 0.2) is 0 Å². The fraction of sp³-hybridized carbons (Fsp3) is 0.769. The lowest BCUT2D eigenvalue weighted by Crippen LogP contribution is -2.43. The van der Waals surface area contributed by atoms with Crippen LogP contribution in [0.2, 0.25) is 0 Å². The second-order valence-electron chi connectivity index (χ2n) is 4.52. The van der Waals surface area contributed by atoms with Crippen molar-refractivity contribution in [2.75, 3.05) is 26.7 Å². The molecule has 0 heterocycles. The van der Waals surface area contributed by atoms with Crippen molar-refractivity contribution in [1.29, 1.82) is 0 Å². The van der Waals surface area contributed by atoms with Gasteiger partial charge >= 0.3 is 0 Å². The molecular weight excluding hydrogens is 232 g/mol. The van der Waals surface area contributed by atoms with Gasteiger partial charge < -0.3 is 10.1 Å². The number of ketones is 2. The van der Waals surface area contributed by atoms with Crippen molar-refractivity contribution in [3.05, 3.63) is 0 Å². The maximum absolute atomic E-state index is 11.6. The Hall–Kier alpha value is -1.07. The molecule has 0 amide bonds. The second kappa shape index (κ2) is 9.91. The number of carbonyl (C=O) groups is 3. The van der Waals surface area contributed by atoms with Gasteiger partial charge in [-0.3, -0.25) is 14.5 Å². The highest BCUT2D eigenvalue weighted by Gasteiger charge is 2.22. The number of unbranched alkanes of at least 4 members (excludes halogenated alkanes) is 1. The van der Waals surface area contributed by atoms with Crippen LogP contribution in [0.1, 0.15) is 33.1 Å². The Labute approximate surface area is 109 Å². The lowest BCUT2D eigenvalue weighted by Gasteiger charge is -2.27. The van der Waals surface area contributed by atoms with E-state index in [0.717, 1.165) is 25.7 Å². The number of carbonyl (C=O) groups excluding carboxylic acids is 3. The van der Waals surface area contributed by atoms with Crippen molar-refractivity contribution in [3.63, 3.8) is 0 Å². The highest BCUT2D eigenvalue weighted by Crippen LogP contribution is 2.10. The van der Waals surface area contributed by atoms with E-state index in [0.29, 0.717) is 6.42 Å². The summed E-state index contributed by atoms with van der Waals surface area (Å²) in [7, 11) is 1.89. The van der Waals surface area contributed by atoms with E-state index in [4.69, 9.17) is 0 Å². The minimum atomic E-state index is -0.323. The third-order valence-corrected chi connectivity index (χ3v) is 2.80. The normalized spacial score (nSPS) is 12.4. The molecule has 0 rings (SSSR count). The molecule has 0 aliphatic carbocycles. The molecule has 5 heteroatoms. The van der Waals surface area contributed by atoms with Gasteiger partial charge in [-0.15, -0.1) is 0 Å². The summed E-state index contributed by atoms with van der Waals surface area (Å²) in [6.07, 6.45) is 3.32. The molecule has 0 aromatic rings. The van der Waals surface area contributed by atoms with Gasteiger partial charge in [0.2, 0.25) is 0 Å². The highest BCUT2D eigenvalue weighted by molar-refractivity contribution is 5.83. The maximum Gasteiger partial charge on any atom is 0.146 e. The van der Waals surface area contributed by atoms with Crippen LogP contribution in [0.15, 0.2) is 0 Å². The SMILES string of the molecule is CNCCCCC(C(C)=O)N(CC=O)CC(C)=O. The van der Waals surface area contributed by atoms with Crippen LogP contribution in [-0.2, 0) is 14.4 Å². The van der Waals surface area contributed by atoms with E-state index in [1.807, 2.05) is 7.05 Å². The molecule has 0 saturated heterocycles. The molecule has 18 heavy (non-hydrogen) atoms. The average Bonchev–Trinajstić information content (AvgIpc) is 2.27. The van der Waals surface area contributed by atoms with Gasteiger partial charge in [0.1, 0.15) is 17.9 Å². The second-order valence-corrected chi connectivity index (χ2v) is 4.52. The van der Waals surface area contributed by atoms with E-state index in [2.05, 4.69) is 5.32 Å². The zero-order valence-electron chi connectivity index (χ0n) is 11.6. The van der Waals surface area contributed by atoms with Crippen molar-refractivity contribution in [2.24, 2.45) is 0 Å². The fourth-order valence-corrected chi connectivity index (χ4v) is 1.97. The molecule has 0 bridgehead atoms. The number of nitrogens with one attached hydrogen (secondary N) is 1. The van der Waals surface area contributed by atoms with Gasteiger partial charge in [0, 0.05) is 0 Å². The summed E-state index contributed by atoms with van der Waals surface area (Å²) >= 11 is 0. The molecule has 0 aliphatic rings. The molecule has 1 unspecified atom stereocenters. The van der Waals surface area contributed by atoms with Crippen LogP contribution >= 0.6 is 0 Å². The molecule has 104 valence electrons. The van der Waals surface area contributed by atoms with Crippen molar-refractivity contribution >= 4 is 17.9 Å². The molecule has 0 spiro atoms. The molecule has 0 aromatic heterocycles. The Bertz CT molecular complexity index is 279. The van der Waals surface area contributed by atoms with Gasteiger partial charge in [-0.1, -0.05) is 6.42 Å². The molecule has 1 atom stereocenters. The van der Waals surface area contributed by atoms with Crippen LogP contribution in [0.3, 0.4) is 0 Å². The molecule has 0 radical (unpaired) electrons. The molecular formula is C13H24N2O3. The lowest BCUT2D eigenvalue weighted by molar-refractivity contribution is -0.125. The van der Waals surface area contributed by atoms with Crippen molar-refractivity contribution < 1.29 is 14.4 Å². The van der Waals surface area contributed by atoms with Gasteiger partial charge in [-0.05, 0) is 40.3 Å². The van der Waals surface area contributed by atoms with Crippen molar-refractivity contribution in [1.82, 2.24) is 10.2 Å². The first-order valence-corrected chi connectivity index (χ1v) is 6.35. The fourth-order valence-electron chi connectivity index (χ4n) is 1.97. The number of aldehydes is 1. The Morgan fingerprint density at radius 1 is 1.28 bits per heavy atom. The number of nitrogens with zero attached hydrogens (tertiary/aromatic N) is 1. The maximum atomic E-state index is 11.6. The molecule has 0 fully saturated rings. The zero-order valence-corrected chi connectivity index (χ0v) is 11.6. The molecule has 0 aromatic carbocycles. The van der Waals surface area contributed by atoms with Crippen LogP contribution < -0.4 is 5.32 Å². The summed E-state index contributed by atoms with van der Waals surface area (Å²) in [6, 6.07) is -0.323. The van der Waals surface area contributed by atoms with E-state index < -0.39 is 0 Å². The van der Waals surface area contributed by atoms with E-state index in [9.17, 15) is 14.4 Å². The number of Topliss-reactive ketones (excluding diaryl/α,β-unsaturated/α-hetero) is 2. The Morgan fingerprint density at radius 2 is 1.94 bits per heavy atom. The molecule has 1 N–H and O–H groups in total. The number of hydrogen-bond donors (Lipinski definition) is 1. The van der Waals surface area contributed by atoms with Crippen LogP contribution in [-0.4, -0.2) is 55.5 Å². The summed E-state index contributed by atoms with van der Waals surface area (Å²) < 4.78 is 0. The third-order valence-electron chi connectivity index (χ3n) is 2.80. The first kappa shape index (κ1) is 16.9. The lowest BCUT2D eigenvalue weighted by atomic mass is 10.0. The van der Waals surface area contributed by atoms with Gasteiger partial charge in [-0.25, -0.2) is 0 Å². The van der Waals surface area contributed by atoms with E-state index in [1.54, 1.807) is 4.90 Å². The number of rotatable bonds is 11. The molecule has 0 saturated carbocycles. The van der Waals surface area contributed by atoms with Crippen molar-refractivity contribution in [3.8, 4) is 0 Å². The summed E-state index contributed by atoms with van der Waals surface area (Å²) in [4.78, 5) is 35.1. The summed E-state index contributed by atoms with van der Waals surface area (Å²) in [5, 5.41) is 3.05. The monoisotopic (exact) mass is 256 g/mol. The van der Waals surface area contributed by atoms with Crippen LogP contribution in [0, 0.1) is 0 Å². The van der Waals surface area contributed by atoms with Crippen LogP contribution in [0.4, 0.5) is 0 Å². The minimum Gasteiger partial charge on any atom is -0.320 e. The quantitative estimate of drug-likeness (QED) is 0.429. The smallest absolute Gasteiger partial charge is 0.146 e. The van der Waals surface area contributed by atoms with E-state index >= 15 is 0 Å². The summed E-state index contributed by atoms with van der Waals surface area (Å²) in [6.45, 7) is 4.19. The Kier molecular flexibility index (Phi) is 9.32. The summed E-state index contributed by atoms with van der Waals surface area (Å²) in [5.41, 5.74) is 0. The predicted molar refractivity (Wildman–Crippen MR) is 70.6 cm³/mol. The first-order chi connectivity index (χ1) is 8.52. The topological polar surface area (TPSA) is 66.5 Å². The first-order valence-electron chi connectivity index (χ1n) is 6.35. The molecule has 0 aliphatic heterocycles. The number of hydrogen-bond acceptors (Lipinski definition) is 5. The zero-order chi connectivity index (χ0) is 14.0. The standard InChI is InChI=1S/C13H24N2O3/c1-11(17)10-15(8-9-16)13(12(2)18)6-4-5-7-14-3/h9,13-14H,4-8,10H2,1-3H3. The van der Waals surface area contributed by atoms with Crippen LogP contribution in [0.25, 0.3) is 0 Å².